The van der Waals surface area contributed by atoms with E-state index in [9.17, 15) is 13.2 Å². The minimum atomic E-state index is -3.57. The topological polar surface area (TPSA) is 78.5 Å². The molecule has 0 aliphatic rings. The van der Waals surface area contributed by atoms with Crippen LogP contribution >= 0.6 is 0 Å². The second-order valence-electron chi connectivity index (χ2n) is 6.85. The van der Waals surface area contributed by atoms with Gasteiger partial charge in [0.25, 0.3) is 0 Å². The van der Waals surface area contributed by atoms with E-state index in [4.69, 9.17) is 0 Å². The Labute approximate surface area is 161 Å². The molecule has 0 heterocycles. The summed E-state index contributed by atoms with van der Waals surface area (Å²) in [6, 6.07) is 16.0. The van der Waals surface area contributed by atoms with Crippen molar-refractivity contribution >= 4 is 16.1 Å². The smallest absolute Gasteiger partial charge is 0.315 e. The van der Waals surface area contributed by atoms with Crippen LogP contribution in [0.15, 0.2) is 59.5 Å². The van der Waals surface area contributed by atoms with Crippen LogP contribution in [0.3, 0.4) is 0 Å². The third kappa shape index (κ3) is 5.30. The second kappa shape index (κ2) is 9.01. The molecule has 146 valence electrons. The van der Waals surface area contributed by atoms with Gasteiger partial charge in [-0.15, -0.1) is 0 Å². The van der Waals surface area contributed by atoms with Crippen LogP contribution in [-0.2, 0) is 16.6 Å². The largest absolute Gasteiger partial charge is 0.334 e. The van der Waals surface area contributed by atoms with E-state index < -0.39 is 10.0 Å². The van der Waals surface area contributed by atoms with E-state index in [1.54, 1.807) is 24.3 Å². The molecule has 2 aromatic rings. The van der Waals surface area contributed by atoms with Gasteiger partial charge in [-0.3, -0.25) is 0 Å². The molecule has 0 saturated heterocycles. The number of carbonyl (C=O) groups excluding carboxylic acids is 1. The molecule has 1 unspecified atom stereocenters. The minimum Gasteiger partial charge on any atom is -0.334 e. The molecule has 0 fully saturated rings. The van der Waals surface area contributed by atoms with Gasteiger partial charge in [-0.05, 0) is 23.1 Å². The molecule has 2 rings (SSSR count). The van der Waals surface area contributed by atoms with Gasteiger partial charge in [-0.25, -0.2) is 17.5 Å². The number of benzene rings is 2. The molecule has 0 bridgehead atoms. The highest BCUT2D eigenvalue weighted by atomic mass is 32.2. The van der Waals surface area contributed by atoms with Crippen molar-refractivity contribution in [3.63, 3.8) is 0 Å². The van der Waals surface area contributed by atoms with Gasteiger partial charge in [-0.2, -0.15) is 0 Å². The Balaban J connectivity index is 2.10. The number of urea groups is 1. The fourth-order valence-corrected chi connectivity index (χ4v) is 3.88. The monoisotopic (exact) mass is 389 g/mol. The lowest BCUT2D eigenvalue weighted by Crippen LogP contribution is -2.39. The number of amides is 2. The van der Waals surface area contributed by atoms with Gasteiger partial charge in [0, 0.05) is 20.6 Å². The van der Waals surface area contributed by atoms with Crippen LogP contribution in [0.4, 0.5) is 4.79 Å². The van der Waals surface area contributed by atoms with Crippen LogP contribution in [0.1, 0.15) is 31.0 Å². The maximum atomic E-state index is 12.4. The predicted molar refractivity (Wildman–Crippen MR) is 107 cm³/mol. The fraction of sp³-hybridized carbons (Fsp3) is 0.350. The van der Waals surface area contributed by atoms with Crippen LogP contribution < -0.4 is 10.6 Å². The number of carbonyl (C=O) groups is 1. The zero-order chi connectivity index (χ0) is 20.0. The maximum Gasteiger partial charge on any atom is 0.315 e. The first kappa shape index (κ1) is 20.9. The van der Waals surface area contributed by atoms with Crippen molar-refractivity contribution in [2.24, 2.45) is 5.92 Å². The molecule has 2 aromatic carbocycles. The summed E-state index contributed by atoms with van der Waals surface area (Å²) in [4.78, 5) is 12.6. The van der Waals surface area contributed by atoms with Crippen LogP contribution in [0.2, 0.25) is 0 Å². The Morgan fingerprint density at radius 1 is 1.00 bits per heavy atom. The molecule has 27 heavy (non-hydrogen) atoms. The molecule has 6 nitrogen and oxygen atoms in total. The number of sulfonamides is 1. The van der Waals surface area contributed by atoms with Crippen LogP contribution in [0, 0.1) is 5.92 Å². The molecule has 0 saturated carbocycles. The standard InChI is InChI=1S/C20H27N3O3S/c1-15(2)19(16-10-6-5-7-11-16)22-20(24)21-14-17-12-8-9-13-18(17)27(25,26)23(3)4/h5-13,15,19H,14H2,1-4H3,(H2,21,22,24). The number of hydrogen-bond acceptors (Lipinski definition) is 3. The molecule has 0 radical (unpaired) electrons. The number of nitrogens with one attached hydrogen (secondary N) is 2. The summed E-state index contributed by atoms with van der Waals surface area (Å²) in [7, 11) is -0.602. The first-order valence-electron chi connectivity index (χ1n) is 8.83. The quantitative estimate of drug-likeness (QED) is 0.764. The van der Waals surface area contributed by atoms with Crippen molar-refractivity contribution in [1.82, 2.24) is 14.9 Å². The summed E-state index contributed by atoms with van der Waals surface area (Å²) in [6.45, 7) is 4.20. The zero-order valence-electron chi connectivity index (χ0n) is 16.1. The fourth-order valence-electron chi connectivity index (χ4n) is 2.76. The highest BCUT2D eigenvalue weighted by Crippen LogP contribution is 2.21. The van der Waals surface area contributed by atoms with E-state index in [0.29, 0.717) is 5.56 Å². The van der Waals surface area contributed by atoms with Crippen LogP contribution in [-0.4, -0.2) is 32.8 Å². The van der Waals surface area contributed by atoms with Crippen molar-refractivity contribution < 1.29 is 13.2 Å². The molecule has 1 atom stereocenters. The molecule has 0 spiro atoms. The minimum absolute atomic E-state index is 0.120. The van der Waals surface area contributed by atoms with E-state index in [1.165, 1.54) is 14.1 Å². The third-order valence-corrected chi connectivity index (χ3v) is 6.20. The molecular formula is C20H27N3O3S. The molecule has 2 N–H and O–H groups in total. The lowest BCUT2D eigenvalue weighted by atomic mass is 9.96. The molecule has 0 aliphatic carbocycles. The molecule has 0 aromatic heterocycles. The van der Waals surface area contributed by atoms with E-state index in [2.05, 4.69) is 10.6 Å². The molecule has 7 heteroatoms. The van der Waals surface area contributed by atoms with Gasteiger partial charge in [-0.1, -0.05) is 62.4 Å². The SMILES string of the molecule is CC(C)C(NC(=O)NCc1ccccc1S(=O)(=O)N(C)C)c1ccccc1. The second-order valence-corrected chi connectivity index (χ2v) is 8.97. The van der Waals surface area contributed by atoms with Crippen molar-refractivity contribution in [3.05, 3.63) is 65.7 Å². The van der Waals surface area contributed by atoms with E-state index in [1.807, 2.05) is 44.2 Å². The normalized spacial score (nSPS) is 12.8. The summed E-state index contributed by atoms with van der Waals surface area (Å²) in [5, 5.41) is 5.75. The summed E-state index contributed by atoms with van der Waals surface area (Å²) < 4.78 is 26.1. The Morgan fingerprint density at radius 2 is 1.59 bits per heavy atom. The third-order valence-electron chi connectivity index (χ3n) is 4.28. The summed E-state index contributed by atoms with van der Waals surface area (Å²) in [6.07, 6.45) is 0. The highest BCUT2D eigenvalue weighted by molar-refractivity contribution is 7.89. The van der Waals surface area contributed by atoms with Crippen molar-refractivity contribution in [2.75, 3.05) is 14.1 Å². The van der Waals surface area contributed by atoms with E-state index >= 15 is 0 Å². The summed E-state index contributed by atoms with van der Waals surface area (Å²) in [5.41, 5.74) is 1.57. The number of hydrogen-bond donors (Lipinski definition) is 2. The Hall–Kier alpha value is -2.38. The first-order chi connectivity index (χ1) is 12.7. The number of rotatable bonds is 7. The van der Waals surface area contributed by atoms with Crippen molar-refractivity contribution in [3.8, 4) is 0 Å². The Bertz CT molecular complexity index is 865. The number of nitrogens with zero attached hydrogens (tertiary/aromatic N) is 1. The predicted octanol–water partition coefficient (Wildman–Crippen LogP) is 3.13. The Kier molecular flexibility index (Phi) is 6.98. The van der Waals surface area contributed by atoms with E-state index in [-0.39, 0.29) is 29.4 Å². The van der Waals surface area contributed by atoms with Gasteiger partial charge >= 0.3 is 6.03 Å². The Morgan fingerprint density at radius 3 is 2.19 bits per heavy atom. The lowest BCUT2D eigenvalue weighted by Gasteiger charge is -2.23. The average molecular weight is 390 g/mol. The molecular weight excluding hydrogens is 362 g/mol. The highest BCUT2D eigenvalue weighted by Gasteiger charge is 2.22. The summed E-state index contributed by atoms with van der Waals surface area (Å²) >= 11 is 0. The maximum absolute atomic E-state index is 12.4. The van der Waals surface area contributed by atoms with E-state index in [0.717, 1.165) is 9.87 Å². The van der Waals surface area contributed by atoms with Gasteiger partial charge in [0.05, 0.1) is 10.9 Å². The zero-order valence-corrected chi connectivity index (χ0v) is 17.0. The van der Waals surface area contributed by atoms with Crippen molar-refractivity contribution in [2.45, 2.75) is 31.3 Å². The van der Waals surface area contributed by atoms with Gasteiger partial charge in [0.15, 0.2) is 0 Å². The van der Waals surface area contributed by atoms with Crippen LogP contribution in [0.25, 0.3) is 0 Å². The van der Waals surface area contributed by atoms with Crippen LogP contribution in [0.5, 0.6) is 0 Å². The van der Waals surface area contributed by atoms with Gasteiger partial charge in [0.1, 0.15) is 0 Å². The lowest BCUT2D eigenvalue weighted by molar-refractivity contribution is 0.232. The molecule has 0 aliphatic heterocycles. The average Bonchev–Trinajstić information content (AvgIpc) is 2.65. The first-order valence-corrected chi connectivity index (χ1v) is 10.3. The van der Waals surface area contributed by atoms with Gasteiger partial charge < -0.3 is 10.6 Å². The van der Waals surface area contributed by atoms with Crippen molar-refractivity contribution in [1.29, 1.82) is 0 Å². The summed E-state index contributed by atoms with van der Waals surface area (Å²) in [5.74, 6) is 0.208. The van der Waals surface area contributed by atoms with Gasteiger partial charge in [0.2, 0.25) is 10.0 Å². The molecule has 2 amide bonds.